The first-order chi connectivity index (χ1) is 5.79. The fraction of sp³-hybridized carbons (Fsp3) is 0.250. The van der Waals surface area contributed by atoms with Gasteiger partial charge in [-0.25, -0.2) is 4.21 Å². The summed E-state index contributed by atoms with van der Waals surface area (Å²) in [6.45, 7) is 0. The largest absolute Gasteiger partial charge is 0.495 e. The third-order valence-corrected chi connectivity index (χ3v) is 2.40. The summed E-state index contributed by atoms with van der Waals surface area (Å²) in [6, 6.07) is 7.05. The van der Waals surface area contributed by atoms with Gasteiger partial charge < -0.3 is 4.74 Å². The minimum absolute atomic E-state index is 0.558. The van der Waals surface area contributed by atoms with Crippen LogP contribution in [0, 0.1) is 0 Å². The molecule has 0 saturated heterocycles. The highest BCUT2D eigenvalue weighted by Crippen LogP contribution is 2.21. The molecule has 1 unspecified atom stereocenters. The van der Waals surface area contributed by atoms with Gasteiger partial charge >= 0.3 is 0 Å². The lowest BCUT2D eigenvalue weighted by Gasteiger charge is -2.04. The van der Waals surface area contributed by atoms with Crippen molar-refractivity contribution >= 4 is 11.1 Å². The maximum Gasteiger partial charge on any atom is 0.192 e. The summed E-state index contributed by atoms with van der Waals surface area (Å²) in [5, 5.41) is 0. The zero-order valence-corrected chi connectivity index (χ0v) is 7.76. The van der Waals surface area contributed by atoms with Crippen molar-refractivity contribution in [1.82, 2.24) is 0 Å². The van der Waals surface area contributed by atoms with Crippen molar-refractivity contribution in [3.05, 3.63) is 24.3 Å². The van der Waals surface area contributed by atoms with Crippen LogP contribution in [0.1, 0.15) is 0 Å². The van der Waals surface area contributed by atoms with E-state index in [1.54, 1.807) is 18.2 Å². The van der Waals surface area contributed by atoms with E-state index in [1.165, 1.54) is 14.2 Å². The van der Waals surface area contributed by atoms with E-state index in [9.17, 15) is 4.21 Å². The second-order valence-electron chi connectivity index (χ2n) is 2.05. The molecule has 66 valence electrons. The van der Waals surface area contributed by atoms with Gasteiger partial charge in [0.05, 0.1) is 14.2 Å². The molecule has 1 atom stereocenters. The summed E-state index contributed by atoms with van der Waals surface area (Å²) in [5.74, 6) is 0.581. The monoisotopic (exact) mass is 186 g/mol. The van der Waals surface area contributed by atoms with Crippen LogP contribution in [0.15, 0.2) is 29.2 Å². The highest BCUT2D eigenvalue weighted by Gasteiger charge is 2.07. The number of hydrogen-bond acceptors (Lipinski definition) is 3. The van der Waals surface area contributed by atoms with E-state index in [1.807, 2.05) is 6.07 Å². The van der Waals surface area contributed by atoms with E-state index in [0.29, 0.717) is 10.6 Å². The molecule has 0 spiro atoms. The van der Waals surface area contributed by atoms with Gasteiger partial charge in [-0.05, 0) is 12.1 Å². The van der Waals surface area contributed by atoms with Gasteiger partial charge in [-0.2, -0.15) is 0 Å². The van der Waals surface area contributed by atoms with E-state index in [0.717, 1.165) is 0 Å². The first-order valence-electron chi connectivity index (χ1n) is 3.39. The van der Waals surface area contributed by atoms with Crippen LogP contribution in [0.25, 0.3) is 0 Å². The second kappa shape index (κ2) is 4.23. The molecule has 0 aliphatic carbocycles. The predicted molar refractivity (Wildman–Crippen MR) is 46.4 cm³/mol. The summed E-state index contributed by atoms with van der Waals surface area (Å²) in [4.78, 5) is 0.558. The summed E-state index contributed by atoms with van der Waals surface area (Å²) >= 11 is -1.43. The van der Waals surface area contributed by atoms with Crippen LogP contribution in [-0.4, -0.2) is 18.4 Å². The molecule has 12 heavy (non-hydrogen) atoms. The summed E-state index contributed by atoms with van der Waals surface area (Å²) in [7, 11) is 2.92. The lowest BCUT2D eigenvalue weighted by atomic mass is 10.3. The Labute approximate surface area is 74.0 Å². The Kier molecular flexibility index (Phi) is 3.25. The van der Waals surface area contributed by atoms with Crippen LogP contribution in [0.4, 0.5) is 0 Å². The average molecular weight is 186 g/mol. The van der Waals surface area contributed by atoms with Gasteiger partial charge in [-0.1, -0.05) is 12.1 Å². The molecule has 1 aromatic rings. The molecule has 0 heterocycles. The first-order valence-corrected chi connectivity index (χ1v) is 4.46. The molecule has 0 bridgehead atoms. The Bertz CT molecular complexity index is 285. The van der Waals surface area contributed by atoms with Crippen LogP contribution in [-0.2, 0) is 15.3 Å². The van der Waals surface area contributed by atoms with Crippen LogP contribution in [0.2, 0.25) is 0 Å². The molecule has 0 aliphatic heterocycles. The van der Waals surface area contributed by atoms with E-state index in [4.69, 9.17) is 4.74 Å². The molecular formula is C8H10O3S. The van der Waals surface area contributed by atoms with Gasteiger partial charge in [0.1, 0.15) is 10.6 Å². The van der Waals surface area contributed by atoms with Gasteiger partial charge in [0.15, 0.2) is 11.1 Å². The molecule has 4 heteroatoms. The van der Waals surface area contributed by atoms with Crippen molar-refractivity contribution in [2.45, 2.75) is 4.90 Å². The maximum atomic E-state index is 11.2. The molecule has 0 radical (unpaired) electrons. The van der Waals surface area contributed by atoms with Crippen molar-refractivity contribution in [3.63, 3.8) is 0 Å². The fourth-order valence-electron chi connectivity index (χ4n) is 0.846. The second-order valence-corrected chi connectivity index (χ2v) is 3.29. The molecule has 0 N–H and O–H groups in total. The van der Waals surface area contributed by atoms with Crippen LogP contribution < -0.4 is 4.74 Å². The minimum atomic E-state index is -1.43. The van der Waals surface area contributed by atoms with Crippen LogP contribution in [0.3, 0.4) is 0 Å². The normalized spacial score (nSPS) is 12.5. The van der Waals surface area contributed by atoms with E-state index >= 15 is 0 Å². The Morgan fingerprint density at radius 2 is 1.92 bits per heavy atom. The van der Waals surface area contributed by atoms with Gasteiger partial charge in [0.2, 0.25) is 0 Å². The zero-order chi connectivity index (χ0) is 8.97. The third kappa shape index (κ3) is 1.84. The Balaban J connectivity index is 3.04. The molecule has 0 saturated carbocycles. The van der Waals surface area contributed by atoms with E-state index in [-0.39, 0.29) is 0 Å². The molecule has 0 aliphatic rings. The minimum Gasteiger partial charge on any atom is -0.495 e. The lowest BCUT2D eigenvalue weighted by molar-refractivity contribution is 0.396. The topological polar surface area (TPSA) is 35.5 Å². The number of para-hydroxylation sites is 1. The van der Waals surface area contributed by atoms with E-state index < -0.39 is 11.1 Å². The summed E-state index contributed by atoms with van der Waals surface area (Å²) < 4.78 is 20.9. The lowest BCUT2D eigenvalue weighted by Crippen LogP contribution is -1.96. The third-order valence-electron chi connectivity index (χ3n) is 1.40. The molecular weight excluding hydrogens is 176 g/mol. The van der Waals surface area contributed by atoms with Gasteiger partial charge in [-0.15, -0.1) is 0 Å². The Hall–Kier alpha value is -0.870. The van der Waals surface area contributed by atoms with Gasteiger partial charge in [0, 0.05) is 0 Å². The molecule has 1 rings (SSSR count). The van der Waals surface area contributed by atoms with Gasteiger partial charge in [-0.3, -0.25) is 4.18 Å². The van der Waals surface area contributed by atoms with Crippen molar-refractivity contribution in [3.8, 4) is 5.75 Å². The molecule has 0 amide bonds. The first kappa shape index (κ1) is 9.22. The summed E-state index contributed by atoms with van der Waals surface area (Å²) in [6.07, 6.45) is 0. The van der Waals surface area contributed by atoms with Crippen molar-refractivity contribution < 1.29 is 13.1 Å². The van der Waals surface area contributed by atoms with Crippen molar-refractivity contribution in [1.29, 1.82) is 0 Å². The van der Waals surface area contributed by atoms with E-state index in [2.05, 4.69) is 4.18 Å². The highest BCUT2D eigenvalue weighted by molar-refractivity contribution is 7.80. The molecule has 0 fully saturated rings. The van der Waals surface area contributed by atoms with Crippen LogP contribution in [0.5, 0.6) is 5.75 Å². The molecule has 3 nitrogen and oxygen atoms in total. The molecule has 1 aromatic carbocycles. The predicted octanol–water partition coefficient (Wildman–Crippen LogP) is 1.36. The quantitative estimate of drug-likeness (QED) is 0.715. The average Bonchev–Trinajstić information content (AvgIpc) is 2.16. The fourth-order valence-corrected chi connectivity index (χ4v) is 1.53. The Morgan fingerprint density at radius 3 is 2.50 bits per heavy atom. The van der Waals surface area contributed by atoms with Crippen LogP contribution >= 0.6 is 0 Å². The number of ether oxygens (including phenoxy) is 1. The maximum absolute atomic E-state index is 11.2. The summed E-state index contributed by atoms with van der Waals surface area (Å²) in [5.41, 5.74) is 0. The zero-order valence-electron chi connectivity index (χ0n) is 6.94. The SMILES string of the molecule is COc1ccccc1S(=O)OC. The smallest absolute Gasteiger partial charge is 0.192 e. The van der Waals surface area contributed by atoms with Crippen molar-refractivity contribution in [2.24, 2.45) is 0 Å². The van der Waals surface area contributed by atoms with Crippen molar-refractivity contribution in [2.75, 3.05) is 14.2 Å². The number of rotatable bonds is 3. The number of benzene rings is 1. The Morgan fingerprint density at radius 1 is 1.25 bits per heavy atom. The highest BCUT2D eigenvalue weighted by atomic mass is 32.2. The van der Waals surface area contributed by atoms with Gasteiger partial charge in [0.25, 0.3) is 0 Å². The number of methoxy groups -OCH3 is 1. The molecule has 0 aromatic heterocycles. The standard InChI is InChI=1S/C8H10O3S/c1-10-7-5-3-4-6-8(7)12(9)11-2/h3-6H,1-2H3. The number of hydrogen-bond donors (Lipinski definition) is 0.